The summed E-state index contributed by atoms with van der Waals surface area (Å²) in [6.07, 6.45) is 2.55. The normalized spacial score (nSPS) is 10.8. The molecule has 0 saturated carbocycles. The highest BCUT2D eigenvalue weighted by Gasteiger charge is 1.96. The number of carbonyl (C=O) groups excluding carboxylic acids is 1. The van der Waals surface area contributed by atoms with Gasteiger partial charge in [-0.3, -0.25) is 0 Å². The van der Waals surface area contributed by atoms with Gasteiger partial charge in [0.25, 0.3) is 0 Å². The number of ether oxygens (including phenoxy) is 1. The van der Waals surface area contributed by atoms with Crippen LogP contribution in [0.5, 0.6) is 5.75 Å². The van der Waals surface area contributed by atoms with Crippen molar-refractivity contribution < 1.29 is 9.53 Å². The Hall–Kier alpha value is -2.04. The predicted octanol–water partition coefficient (Wildman–Crippen LogP) is 2.11. The molecule has 1 aromatic carbocycles. The van der Waals surface area contributed by atoms with E-state index in [1.165, 1.54) is 6.21 Å². The molecule has 0 fully saturated rings. The van der Waals surface area contributed by atoms with E-state index in [9.17, 15) is 4.79 Å². The lowest BCUT2D eigenvalue weighted by Gasteiger charge is -2.07. The fourth-order valence-electron chi connectivity index (χ4n) is 1.23. The van der Waals surface area contributed by atoms with Crippen LogP contribution in [0.15, 0.2) is 29.4 Å². The molecule has 0 aromatic heterocycles. The van der Waals surface area contributed by atoms with Gasteiger partial charge in [0, 0.05) is 0 Å². The molecule has 1 aromatic rings. The van der Waals surface area contributed by atoms with Gasteiger partial charge in [-0.1, -0.05) is 13.8 Å². The summed E-state index contributed by atoms with van der Waals surface area (Å²) in [5.74, 6) is 1.46. The maximum absolute atomic E-state index is 10.4. The summed E-state index contributed by atoms with van der Waals surface area (Å²) in [6.45, 7) is 5.04. The molecule has 0 unspecified atom stereocenters. The summed E-state index contributed by atoms with van der Waals surface area (Å²) in [4.78, 5) is 10.4. The first-order valence-electron chi connectivity index (χ1n) is 5.89. The number of nitrogens with two attached hydrogens (primary N) is 1. The predicted molar refractivity (Wildman–Crippen MR) is 71.7 cm³/mol. The zero-order chi connectivity index (χ0) is 13.4. The second-order valence-corrected chi connectivity index (χ2v) is 4.33. The van der Waals surface area contributed by atoms with E-state index in [2.05, 4.69) is 24.4 Å². The minimum absolute atomic E-state index is 0.635. The molecule has 2 amide bonds. The van der Waals surface area contributed by atoms with Gasteiger partial charge >= 0.3 is 6.03 Å². The third kappa shape index (κ3) is 5.89. The van der Waals surface area contributed by atoms with Crippen molar-refractivity contribution in [3.8, 4) is 5.75 Å². The number of benzene rings is 1. The number of primary amides is 1. The Morgan fingerprint density at radius 2 is 2.11 bits per heavy atom. The Bertz CT molecular complexity index is 399. The topological polar surface area (TPSA) is 76.7 Å². The van der Waals surface area contributed by atoms with Gasteiger partial charge < -0.3 is 10.5 Å². The van der Waals surface area contributed by atoms with E-state index >= 15 is 0 Å². The van der Waals surface area contributed by atoms with Gasteiger partial charge in [-0.15, -0.1) is 0 Å². The molecule has 0 heterocycles. The molecule has 1 rings (SSSR count). The highest BCUT2D eigenvalue weighted by atomic mass is 16.5. The number of amides is 2. The van der Waals surface area contributed by atoms with Crippen LogP contribution in [0.1, 0.15) is 25.8 Å². The van der Waals surface area contributed by atoms with E-state index in [1.807, 2.05) is 24.3 Å². The minimum atomic E-state index is -0.681. The van der Waals surface area contributed by atoms with Crippen LogP contribution in [0, 0.1) is 5.92 Å². The number of carbonyl (C=O) groups is 1. The zero-order valence-electron chi connectivity index (χ0n) is 10.7. The highest BCUT2D eigenvalue weighted by Crippen LogP contribution is 2.12. The molecule has 3 N–H and O–H groups in total. The summed E-state index contributed by atoms with van der Waals surface area (Å²) < 4.78 is 5.58. The van der Waals surface area contributed by atoms with Crippen LogP contribution >= 0.6 is 0 Å². The SMILES string of the molecule is CC(C)CCOc1ccc(C=NNC(N)=O)cc1. The van der Waals surface area contributed by atoms with E-state index in [4.69, 9.17) is 10.5 Å². The van der Waals surface area contributed by atoms with Crippen molar-refractivity contribution in [2.45, 2.75) is 20.3 Å². The van der Waals surface area contributed by atoms with Crippen molar-refractivity contribution in [1.29, 1.82) is 0 Å². The van der Waals surface area contributed by atoms with Crippen LogP contribution in [-0.2, 0) is 0 Å². The second-order valence-electron chi connectivity index (χ2n) is 4.33. The Morgan fingerprint density at radius 1 is 1.44 bits per heavy atom. The maximum atomic E-state index is 10.4. The summed E-state index contributed by atoms with van der Waals surface area (Å²) in [5.41, 5.74) is 7.87. The van der Waals surface area contributed by atoms with E-state index in [0.29, 0.717) is 12.5 Å². The van der Waals surface area contributed by atoms with Crippen LogP contribution < -0.4 is 15.9 Å². The van der Waals surface area contributed by atoms with Crippen LogP contribution in [-0.4, -0.2) is 18.9 Å². The third-order valence-electron chi connectivity index (χ3n) is 2.23. The van der Waals surface area contributed by atoms with Gasteiger partial charge in [-0.2, -0.15) is 5.10 Å². The van der Waals surface area contributed by atoms with Crippen molar-refractivity contribution in [3.63, 3.8) is 0 Å². The van der Waals surface area contributed by atoms with Crippen molar-refractivity contribution in [1.82, 2.24) is 5.43 Å². The van der Waals surface area contributed by atoms with Crippen LogP contribution in [0.25, 0.3) is 0 Å². The monoisotopic (exact) mass is 249 g/mol. The number of nitrogens with one attached hydrogen (secondary N) is 1. The molecule has 0 saturated heterocycles. The van der Waals surface area contributed by atoms with Gasteiger partial charge in [-0.05, 0) is 42.2 Å². The Balaban J connectivity index is 2.42. The molecule has 0 aliphatic heterocycles. The Morgan fingerprint density at radius 3 is 2.67 bits per heavy atom. The van der Waals surface area contributed by atoms with Gasteiger partial charge in [0.2, 0.25) is 0 Å². The molecule has 0 radical (unpaired) electrons. The van der Waals surface area contributed by atoms with Crippen LogP contribution in [0.4, 0.5) is 4.79 Å². The van der Waals surface area contributed by atoms with Gasteiger partial charge in [0.1, 0.15) is 5.75 Å². The molecule has 0 atom stereocenters. The fourth-order valence-corrected chi connectivity index (χ4v) is 1.23. The summed E-state index contributed by atoms with van der Waals surface area (Å²) in [7, 11) is 0. The first kappa shape index (κ1) is 14.0. The first-order chi connectivity index (χ1) is 8.58. The fraction of sp³-hybridized carbons (Fsp3) is 0.385. The van der Waals surface area contributed by atoms with Gasteiger partial charge in [0.05, 0.1) is 12.8 Å². The molecule has 0 aliphatic carbocycles. The van der Waals surface area contributed by atoms with Crippen molar-refractivity contribution >= 4 is 12.2 Å². The molecule has 0 spiro atoms. The maximum Gasteiger partial charge on any atom is 0.332 e. The molecule has 5 heteroatoms. The average Bonchev–Trinajstić information content (AvgIpc) is 2.30. The third-order valence-corrected chi connectivity index (χ3v) is 2.23. The van der Waals surface area contributed by atoms with Gasteiger partial charge in [-0.25, -0.2) is 10.2 Å². The average molecular weight is 249 g/mol. The Kier molecular flexibility index (Phi) is 5.70. The quantitative estimate of drug-likeness (QED) is 0.598. The summed E-state index contributed by atoms with van der Waals surface area (Å²) in [5, 5.41) is 3.67. The van der Waals surface area contributed by atoms with E-state index < -0.39 is 6.03 Å². The lowest BCUT2D eigenvalue weighted by Crippen LogP contribution is -2.24. The standard InChI is InChI=1S/C13H19N3O2/c1-10(2)7-8-18-12-5-3-11(4-6-12)9-15-16-13(14)17/h3-6,9-10H,7-8H2,1-2H3,(H3,14,16,17). The number of nitrogens with zero attached hydrogens (tertiary/aromatic N) is 1. The lowest BCUT2D eigenvalue weighted by molar-refractivity contribution is 0.249. The van der Waals surface area contributed by atoms with E-state index in [0.717, 1.165) is 17.7 Å². The van der Waals surface area contributed by atoms with Crippen molar-refractivity contribution in [2.24, 2.45) is 16.8 Å². The molecule has 0 bridgehead atoms. The second kappa shape index (κ2) is 7.32. The van der Waals surface area contributed by atoms with Crippen molar-refractivity contribution in [3.05, 3.63) is 29.8 Å². The number of hydrogen-bond acceptors (Lipinski definition) is 3. The number of hydrazone groups is 1. The van der Waals surface area contributed by atoms with Crippen LogP contribution in [0.3, 0.4) is 0 Å². The molecular weight excluding hydrogens is 230 g/mol. The Labute approximate surface area is 107 Å². The summed E-state index contributed by atoms with van der Waals surface area (Å²) >= 11 is 0. The molecular formula is C13H19N3O2. The number of urea groups is 1. The lowest BCUT2D eigenvalue weighted by atomic mass is 10.1. The van der Waals surface area contributed by atoms with Gasteiger partial charge in [0.15, 0.2) is 0 Å². The largest absolute Gasteiger partial charge is 0.494 e. The number of rotatable bonds is 6. The summed E-state index contributed by atoms with van der Waals surface area (Å²) in [6, 6.07) is 6.77. The first-order valence-corrected chi connectivity index (χ1v) is 5.89. The van der Waals surface area contributed by atoms with E-state index in [-0.39, 0.29) is 0 Å². The number of hydrogen-bond donors (Lipinski definition) is 2. The zero-order valence-corrected chi connectivity index (χ0v) is 10.7. The molecule has 5 nitrogen and oxygen atoms in total. The molecule has 98 valence electrons. The molecule has 18 heavy (non-hydrogen) atoms. The van der Waals surface area contributed by atoms with E-state index in [1.54, 1.807) is 0 Å². The molecule has 0 aliphatic rings. The van der Waals surface area contributed by atoms with Crippen molar-refractivity contribution in [2.75, 3.05) is 6.61 Å². The smallest absolute Gasteiger partial charge is 0.332 e. The van der Waals surface area contributed by atoms with Crippen LogP contribution in [0.2, 0.25) is 0 Å². The highest BCUT2D eigenvalue weighted by molar-refractivity contribution is 5.81. The minimum Gasteiger partial charge on any atom is -0.494 e.